The van der Waals surface area contributed by atoms with Crippen molar-refractivity contribution in [1.82, 2.24) is 24.6 Å². The summed E-state index contributed by atoms with van der Waals surface area (Å²) in [7, 11) is -4.63. The van der Waals surface area contributed by atoms with Crippen molar-refractivity contribution in [3.05, 3.63) is 99.9 Å². The van der Waals surface area contributed by atoms with Crippen LogP contribution >= 0.6 is 0 Å². The molecule has 5 aromatic rings. The van der Waals surface area contributed by atoms with Gasteiger partial charge in [0.1, 0.15) is 16.2 Å². The van der Waals surface area contributed by atoms with Gasteiger partial charge in [0.15, 0.2) is 0 Å². The lowest BCUT2D eigenvalue weighted by molar-refractivity contribution is -0.384. The summed E-state index contributed by atoms with van der Waals surface area (Å²) >= 11 is 0. The number of rotatable bonds is 12. The fourth-order valence-corrected chi connectivity index (χ4v) is 12.9. The van der Waals surface area contributed by atoms with Crippen LogP contribution in [0.4, 0.5) is 28.6 Å². The molecular formula is C51H61N9O7S. The summed E-state index contributed by atoms with van der Waals surface area (Å²) in [6, 6.07) is 20.7. The first kappa shape index (κ1) is 44.7. The van der Waals surface area contributed by atoms with E-state index in [2.05, 4.69) is 54.1 Å². The van der Waals surface area contributed by atoms with Gasteiger partial charge in [0, 0.05) is 61.6 Å². The lowest BCUT2D eigenvalue weighted by atomic mass is 9.59. The van der Waals surface area contributed by atoms with Crippen LogP contribution < -0.4 is 24.6 Å². The number of carbonyl (C=O) groups excluding carboxylic acids is 1. The second-order valence-electron chi connectivity index (χ2n) is 20.7. The molecule has 68 heavy (non-hydrogen) atoms. The molecule has 3 aromatic heterocycles. The van der Waals surface area contributed by atoms with E-state index >= 15 is 0 Å². The summed E-state index contributed by atoms with van der Waals surface area (Å²) in [5.41, 5.74) is 5.08. The Labute approximate surface area is 397 Å². The number of likely N-dealkylation sites (tertiary alicyclic amines) is 1. The number of ether oxygens (including phenoxy) is 1. The number of aromatic amines is 1. The van der Waals surface area contributed by atoms with Gasteiger partial charge in [-0.05, 0) is 156 Å². The molecule has 1 amide bonds. The Hall–Kier alpha value is -5.78. The van der Waals surface area contributed by atoms with Crippen molar-refractivity contribution in [2.45, 2.75) is 119 Å². The minimum Gasteiger partial charge on any atom is -0.476 e. The molecule has 11 rings (SSSR count). The quantitative estimate of drug-likeness (QED) is 0.0685. The zero-order valence-electron chi connectivity index (χ0n) is 38.7. The highest BCUT2D eigenvalue weighted by Crippen LogP contribution is 2.55. The van der Waals surface area contributed by atoms with E-state index in [9.17, 15) is 28.4 Å². The molecule has 358 valence electrons. The van der Waals surface area contributed by atoms with Crippen LogP contribution in [0.3, 0.4) is 0 Å². The standard InChI is InChI=1S/C51H61N9O7S/c1-50(62)16-13-33(14-17-50)31-53-47-44(60(63)64)28-38(32-54-47)68(65,66)56-48(61)41-12-11-36(27-43(41)59-22-5-25-67-49-45(59)26-35-15-20-52-46(35)55-49)57-23-18-51(19-24-57)29-37(30-51)58-21-4-8-42(58)40-7-3-2-6-39(40)34-9-10-34/h2-3,6-7,11-12,15,20,26-28,32-34,37,42,62H,4-5,8-10,13-14,16-19,21-25,29-31H2,1H3,(H,52,55)(H,53,54)(H,56,61)/t33?,42-,50?/m1/s1. The molecule has 0 unspecified atom stereocenters. The Kier molecular flexibility index (Phi) is 11.6. The van der Waals surface area contributed by atoms with E-state index in [-0.39, 0.29) is 17.3 Å². The first-order chi connectivity index (χ1) is 32.8. The number of hydrogen-bond acceptors (Lipinski definition) is 13. The smallest absolute Gasteiger partial charge is 0.312 e. The lowest BCUT2D eigenvalue weighted by Gasteiger charge is -2.56. The molecule has 6 heterocycles. The number of anilines is 4. The number of H-pyrrole nitrogens is 1. The van der Waals surface area contributed by atoms with Crippen LogP contribution in [0.25, 0.3) is 11.0 Å². The molecular weight excluding hydrogens is 883 g/mol. The Morgan fingerprint density at radius 1 is 0.941 bits per heavy atom. The summed E-state index contributed by atoms with van der Waals surface area (Å²) in [6.07, 6.45) is 15.9. The highest BCUT2D eigenvalue weighted by atomic mass is 32.2. The normalized spacial score (nSPS) is 24.3. The topological polar surface area (TPSA) is 199 Å². The molecule has 1 atom stereocenters. The van der Waals surface area contributed by atoms with E-state index in [0.717, 1.165) is 68.0 Å². The number of carbonyl (C=O) groups is 1. The molecule has 0 radical (unpaired) electrons. The van der Waals surface area contributed by atoms with Crippen LogP contribution in [0.5, 0.6) is 5.88 Å². The van der Waals surface area contributed by atoms with E-state index in [1.54, 1.807) is 17.2 Å². The van der Waals surface area contributed by atoms with Crippen molar-refractivity contribution >= 4 is 55.5 Å². The van der Waals surface area contributed by atoms with Crippen molar-refractivity contribution < 1.29 is 28.0 Å². The Morgan fingerprint density at radius 2 is 1.72 bits per heavy atom. The third kappa shape index (κ3) is 8.77. The van der Waals surface area contributed by atoms with Crippen molar-refractivity contribution in [1.29, 1.82) is 0 Å². The number of nitrogens with one attached hydrogen (secondary N) is 3. The highest BCUT2D eigenvalue weighted by Gasteiger charge is 2.50. The van der Waals surface area contributed by atoms with Gasteiger partial charge in [0.2, 0.25) is 11.7 Å². The van der Waals surface area contributed by atoms with Gasteiger partial charge in [-0.3, -0.25) is 19.8 Å². The van der Waals surface area contributed by atoms with Gasteiger partial charge < -0.3 is 29.9 Å². The van der Waals surface area contributed by atoms with Crippen LogP contribution in [-0.2, 0) is 10.0 Å². The summed E-state index contributed by atoms with van der Waals surface area (Å²) < 4.78 is 36.3. The van der Waals surface area contributed by atoms with Crippen LogP contribution in [0.15, 0.2) is 78.0 Å². The molecule has 2 saturated heterocycles. The van der Waals surface area contributed by atoms with Crippen LogP contribution in [-0.4, -0.2) is 95.2 Å². The van der Waals surface area contributed by atoms with E-state index in [1.165, 1.54) is 45.1 Å². The van der Waals surface area contributed by atoms with Gasteiger partial charge in [-0.1, -0.05) is 24.3 Å². The SMILES string of the molecule is CC1(O)CCC(CNc2ncc(S(=O)(=O)NC(=O)c3ccc(N4CCC5(CC4)CC(N4CCC[C@@H]4c4ccccc4C4CC4)C5)cc3N3CCCOc4nc5[nH]ccc5cc43)cc2[N+](=O)[O-])CC1. The summed E-state index contributed by atoms with van der Waals surface area (Å²) in [4.78, 5) is 44.8. The number of hydrogen-bond donors (Lipinski definition) is 4. The van der Waals surface area contributed by atoms with E-state index < -0.39 is 37.0 Å². The molecule has 0 bridgehead atoms. The average Bonchev–Trinajstić information content (AvgIpc) is 3.95. The number of sulfonamides is 1. The number of fused-ring (bicyclic) bond motifs is 2. The maximum Gasteiger partial charge on any atom is 0.312 e. The summed E-state index contributed by atoms with van der Waals surface area (Å²) in [6.45, 7) is 5.97. The zero-order valence-corrected chi connectivity index (χ0v) is 39.5. The van der Waals surface area contributed by atoms with E-state index in [1.807, 2.05) is 42.3 Å². The number of benzene rings is 2. The van der Waals surface area contributed by atoms with Crippen molar-refractivity contribution in [2.75, 3.05) is 54.4 Å². The maximum absolute atomic E-state index is 14.4. The number of nitro groups is 1. The molecule has 3 saturated carbocycles. The second-order valence-corrected chi connectivity index (χ2v) is 22.4. The third-order valence-corrected chi connectivity index (χ3v) is 17.3. The monoisotopic (exact) mass is 943 g/mol. The molecule has 16 nitrogen and oxygen atoms in total. The molecule has 2 aromatic carbocycles. The third-order valence-electron chi connectivity index (χ3n) is 16.0. The Balaban J connectivity index is 0.830. The van der Waals surface area contributed by atoms with E-state index in [0.29, 0.717) is 79.4 Å². The second kappa shape index (κ2) is 17.6. The predicted molar refractivity (Wildman–Crippen MR) is 260 cm³/mol. The summed E-state index contributed by atoms with van der Waals surface area (Å²) in [5.74, 6) is 0.368. The number of nitrogens with zero attached hydrogens (tertiary/aromatic N) is 6. The molecule has 3 aliphatic heterocycles. The van der Waals surface area contributed by atoms with Crippen LogP contribution in [0, 0.1) is 21.4 Å². The first-order valence-corrected chi connectivity index (χ1v) is 26.1. The molecule has 3 aliphatic carbocycles. The number of amides is 1. The zero-order chi connectivity index (χ0) is 46.8. The van der Waals surface area contributed by atoms with Gasteiger partial charge in [-0.15, -0.1) is 0 Å². The first-order valence-electron chi connectivity index (χ1n) is 24.6. The average molecular weight is 944 g/mol. The van der Waals surface area contributed by atoms with Crippen molar-refractivity contribution in [2.24, 2.45) is 11.3 Å². The Morgan fingerprint density at radius 3 is 2.49 bits per heavy atom. The molecule has 1 spiro atoms. The molecule has 4 N–H and O–H groups in total. The predicted octanol–water partition coefficient (Wildman–Crippen LogP) is 8.72. The fourth-order valence-electron chi connectivity index (χ4n) is 11.9. The molecule has 17 heteroatoms. The Bertz CT molecular complexity index is 2840. The largest absolute Gasteiger partial charge is 0.476 e. The van der Waals surface area contributed by atoms with Crippen LogP contribution in [0.1, 0.15) is 124 Å². The number of piperidine rings is 1. The van der Waals surface area contributed by atoms with Crippen molar-refractivity contribution in [3.8, 4) is 5.88 Å². The fraction of sp³-hybridized carbons (Fsp3) is 0.510. The van der Waals surface area contributed by atoms with Crippen molar-refractivity contribution in [3.63, 3.8) is 0 Å². The number of aromatic nitrogens is 3. The minimum atomic E-state index is -4.63. The number of aliphatic hydroxyl groups is 1. The van der Waals surface area contributed by atoms with Crippen LogP contribution in [0.2, 0.25) is 0 Å². The number of pyridine rings is 2. The van der Waals surface area contributed by atoms with Gasteiger partial charge in [-0.2, -0.15) is 4.98 Å². The lowest BCUT2D eigenvalue weighted by Crippen LogP contribution is -2.55. The molecule has 5 fully saturated rings. The van der Waals surface area contributed by atoms with Gasteiger partial charge >= 0.3 is 5.69 Å². The minimum absolute atomic E-state index is 0.0611. The van der Waals surface area contributed by atoms with Gasteiger partial charge in [0.05, 0.1) is 34.6 Å². The van der Waals surface area contributed by atoms with E-state index in [4.69, 9.17) is 9.72 Å². The highest BCUT2D eigenvalue weighted by molar-refractivity contribution is 7.90. The van der Waals surface area contributed by atoms with Gasteiger partial charge in [-0.25, -0.2) is 18.1 Å². The summed E-state index contributed by atoms with van der Waals surface area (Å²) in [5, 5.41) is 26.5. The maximum atomic E-state index is 14.4. The molecule has 6 aliphatic rings. The van der Waals surface area contributed by atoms with Gasteiger partial charge in [0.25, 0.3) is 15.9 Å².